The van der Waals surface area contributed by atoms with Crippen LogP contribution in [-0.4, -0.2) is 47.1 Å². The first-order valence-electron chi connectivity index (χ1n) is 11.1. The summed E-state index contributed by atoms with van der Waals surface area (Å²) in [6.45, 7) is 3.75. The van der Waals surface area contributed by atoms with Gasteiger partial charge in [0, 0.05) is 6.04 Å². The van der Waals surface area contributed by atoms with E-state index in [-0.39, 0.29) is 28.9 Å². The minimum absolute atomic E-state index is 0.000216. The standard InChI is InChI=1S/C26H29NO6/c1-14-11-15(2)25(33-4)18(12-14)23(29)21-22(16-9-10-20(32-3)19(28)13-16)27(26(31)24(21)30)17-7-5-6-8-17/h9-13,17,22,28-29H,5-8H2,1-4H3/b23-21+. The number of rotatable bonds is 5. The number of hydrogen-bond acceptors (Lipinski definition) is 6. The molecular weight excluding hydrogens is 422 g/mol. The summed E-state index contributed by atoms with van der Waals surface area (Å²) in [5.41, 5.74) is 2.59. The Morgan fingerprint density at radius 2 is 1.73 bits per heavy atom. The highest BCUT2D eigenvalue weighted by atomic mass is 16.5. The van der Waals surface area contributed by atoms with Crippen LogP contribution in [0.1, 0.15) is 54.0 Å². The largest absolute Gasteiger partial charge is 0.507 e. The Hall–Kier alpha value is -3.48. The van der Waals surface area contributed by atoms with Gasteiger partial charge in [-0.25, -0.2) is 0 Å². The number of likely N-dealkylation sites (tertiary alicyclic amines) is 1. The number of ether oxygens (including phenoxy) is 2. The molecule has 1 aliphatic carbocycles. The van der Waals surface area contributed by atoms with Crippen molar-refractivity contribution in [3.05, 3.63) is 58.2 Å². The zero-order valence-corrected chi connectivity index (χ0v) is 19.3. The van der Waals surface area contributed by atoms with Crippen molar-refractivity contribution >= 4 is 17.4 Å². The van der Waals surface area contributed by atoms with E-state index in [0.717, 1.165) is 36.8 Å². The van der Waals surface area contributed by atoms with Gasteiger partial charge in [-0.1, -0.05) is 25.0 Å². The summed E-state index contributed by atoms with van der Waals surface area (Å²) >= 11 is 0. The second kappa shape index (κ2) is 8.81. The molecule has 1 amide bonds. The quantitative estimate of drug-likeness (QED) is 0.398. The second-order valence-electron chi connectivity index (χ2n) is 8.74. The fourth-order valence-electron chi connectivity index (χ4n) is 5.16. The zero-order valence-electron chi connectivity index (χ0n) is 19.3. The van der Waals surface area contributed by atoms with E-state index >= 15 is 0 Å². The van der Waals surface area contributed by atoms with E-state index in [4.69, 9.17) is 9.47 Å². The number of aryl methyl sites for hydroxylation is 2. The van der Waals surface area contributed by atoms with Gasteiger partial charge < -0.3 is 24.6 Å². The first-order valence-corrected chi connectivity index (χ1v) is 11.1. The number of phenols is 1. The smallest absolute Gasteiger partial charge is 0.295 e. The van der Waals surface area contributed by atoms with Gasteiger partial charge in [0.15, 0.2) is 11.5 Å². The van der Waals surface area contributed by atoms with Crippen LogP contribution in [0.3, 0.4) is 0 Å². The Kier molecular flexibility index (Phi) is 6.06. The predicted octanol–water partition coefficient (Wildman–Crippen LogP) is 4.39. The molecule has 1 aliphatic heterocycles. The molecule has 4 rings (SSSR count). The van der Waals surface area contributed by atoms with Crippen molar-refractivity contribution in [2.24, 2.45) is 0 Å². The van der Waals surface area contributed by atoms with Crippen molar-refractivity contribution in [2.75, 3.05) is 14.2 Å². The first kappa shape index (κ1) is 22.7. The molecule has 1 atom stereocenters. The molecular formula is C26H29NO6. The Balaban J connectivity index is 1.96. The van der Waals surface area contributed by atoms with E-state index in [1.54, 1.807) is 23.1 Å². The fourth-order valence-corrected chi connectivity index (χ4v) is 5.16. The van der Waals surface area contributed by atoms with Crippen LogP contribution in [0.25, 0.3) is 5.76 Å². The summed E-state index contributed by atoms with van der Waals surface area (Å²) in [4.78, 5) is 28.1. The van der Waals surface area contributed by atoms with Crippen LogP contribution in [0.4, 0.5) is 0 Å². The molecule has 1 saturated heterocycles. The van der Waals surface area contributed by atoms with E-state index in [0.29, 0.717) is 16.9 Å². The number of aromatic hydroxyl groups is 1. The number of carbonyl (C=O) groups excluding carboxylic acids is 2. The van der Waals surface area contributed by atoms with Crippen molar-refractivity contribution in [1.29, 1.82) is 0 Å². The van der Waals surface area contributed by atoms with Crippen LogP contribution in [0.15, 0.2) is 35.9 Å². The third-order valence-corrected chi connectivity index (χ3v) is 6.60. The highest BCUT2D eigenvalue weighted by molar-refractivity contribution is 6.46. The number of Topliss-reactive ketones (excluding diaryl/α,β-unsaturated/α-hetero) is 1. The molecule has 1 heterocycles. The van der Waals surface area contributed by atoms with E-state index in [1.807, 2.05) is 19.9 Å². The van der Waals surface area contributed by atoms with Crippen molar-refractivity contribution in [1.82, 2.24) is 4.90 Å². The van der Waals surface area contributed by atoms with Crippen molar-refractivity contribution in [3.8, 4) is 17.2 Å². The molecule has 2 aliphatic rings. The minimum atomic E-state index is -0.824. The molecule has 0 bridgehead atoms. The van der Waals surface area contributed by atoms with Gasteiger partial charge in [-0.15, -0.1) is 0 Å². The van der Waals surface area contributed by atoms with Crippen molar-refractivity contribution in [2.45, 2.75) is 51.6 Å². The molecule has 33 heavy (non-hydrogen) atoms. The van der Waals surface area contributed by atoms with Gasteiger partial charge in [-0.3, -0.25) is 9.59 Å². The van der Waals surface area contributed by atoms with Crippen LogP contribution in [-0.2, 0) is 9.59 Å². The molecule has 174 valence electrons. The highest BCUT2D eigenvalue weighted by Crippen LogP contribution is 2.46. The number of amides is 1. The normalized spacial score (nSPS) is 20.5. The molecule has 2 N–H and O–H groups in total. The molecule has 7 nitrogen and oxygen atoms in total. The molecule has 1 saturated carbocycles. The predicted molar refractivity (Wildman–Crippen MR) is 124 cm³/mol. The molecule has 1 unspecified atom stereocenters. The highest BCUT2D eigenvalue weighted by Gasteiger charge is 2.49. The average molecular weight is 452 g/mol. The molecule has 2 aromatic carbocycles. The maximum absolute atomic E-state index is 13.3. The van der Waals surface area contributed by atoms with Gasteiger partial charge in [0.25, 0.3) is 11.7 Å². The summed E-state index contributed by atoms with van der Waals surface area (Å²) in [5, 5.41) is 21.9. The third kappa shape index (κ3) is 3.81. The van der Waals surface area contributed by atoms with Crippen molar-refractivity contribution < 1.29 is 29.3 Å². The van der Waals surface area contributed by atoms with Crippen LogP contribution in [0.2, 0.25) is 0 Å². The number of phenolic OH excluding ortho intramolecular Hbond substituents is 1. The summed E-state index contributed by atoms with van der Waals surface area (Å²) < 4.78 is 10.7. The van der Waals surface area contributed by atoms with E-state index in [9.17, 15) is 19.8 Å². The lowest BCUT2D eigenvalue weighted by molar-refractivity contribution is -0.141. The van der Waals surface area contributed by atoms with Crippen LogP contribution in [0.5, 0.6) is 17.2 Å². The van der Waals surface area contributed by atoms with Crippen LogP contribution < -0.4 is 9.47 Å². The fraction of sp³-hybridized carbons (Fsp3) is 0.385. The maximum Gasteiger partial charge on any atom is 0.295 e. The first-order chi connectivity index (χ1) is 15.8. The van der Waals surface area contributed by atoms with Crippen molar-refractivity contribution in [3.63, 3.8) is 0 Å². The Bertz CT molecular complexity index is 1150. The molecule has 7 heteroatoms. The minimum Gasteiger partial charge on any atom is -0.507 e. The number of methoxy groups -OCH3 is 2. The van der Waals surface area contributed by atoms with Gasteiger partial charge in [0.2, 0.25) is 0 Å². The molecule has 0 aromatic heterocycles. The summed E-state index contributed by atoms with van der Waals surface area (Å²) in [6.07, 6.45) is 3.52. The SMILES string of the molecule is COc1ccc(C2/C(=C(\O)c3cc(C)cc(C)c3OC)C(=O)C(=O)N2C2CCCC2)cc1O. The lowest BCUT2D eigenvalue weighted by Crippen LogP contribution is -2.37. The number of hydrogen-bond donors (Lipinski definition) is 2. The summed E-state index contributed by atoms with van der Waals surface area (Å²) in [5.74, 6) is -1.02. The molecule has 2 fully saturated rings. The van der Waals surface area contributed by atoms with Gasteiger partial charge in [-0.05, 0) is 61.6 Å². The number of ketones is 1. The van der Waals surface area contributed by atoms with E-state index in [1.165, 1.54) is 20.3 Å². The summed E-state index contributed by atoms with van der Waals surface area (Å²) in [6, 6.07) is 7.53. The number of aliphatic hydroxyl groups is 1. The lowest BCUT2D eigenvalue weighted by Gasteiger charge is -2.31. The third-order valence-electron chi connectivity index (χ3n) is 6.60. The maximum atomic E-state index is 13.3. The number of benzene rings is 2. The zero-order chi connectivity index (χ0) is 23.9. The lowest BCUT2D eigenvalue weighted by atomic mass is 9.93. The summed E-state index contributed by atoms with van der Waals surface area (Å²) in [7, 11) is 2.95. The van der Waals surface area contributed by atoms with E-state index < -0.39 is 17.7 Å². The number of aliphatic hydroxyl groups excluding tert-OH is 1. The van der Waals surface area contributed by atoms with Gasteiger partial charge in [0.1, 0.15) is 11.5 Å². The van der Waals surface area contributed by atoms with Crippen LogP contribution in [0, 0.1) is 13.8 Å². The monoisotopic (exact) mass is 451 g/mol. The van der Waals surface area contributed by atoms with Crippen LogP contribution >= 0.6 is 0 Å². The number of carbonyl (C=O) groups is 2. The molecule has 0 spiro atoms. The second-order valence-corrected chi connectivity index (χ2v) is 8.74. The van der Waals surface area contributed by atoms with Gasteiger partial charge in [0.05, 0.1) is 31.4 Å². The topological polar surface area (TPSA) is 96.3 Å². The van der Waals surface area contributed by atoms with E-state index in [2.05, 4.69) is 0 Å². The molecule has 0 radical (unpaired) electrons. The average Bonchev–Trinajstić information content (AvgIpc) is 3.39. The Morgan fingerprint density at radius 3 is 2.33 bits per heavy atom. The van der Waals surface area contributed by atoms with Gasteiger partial charge in [-0.2, -0.15) is 0 Å². The van der Waals surface area contributed by atoms with Gasteiger partial charge >= 0.3 is 0 Å². The Labute approximate surface area is 193 Å². The molecule has 2 aromatic rings. The Morgan fingerprint density at radius 1 is 1.03 bits per heavy atom. The number of nitrogens with zero attached hydrogens (tertiary/aromatic N) is 1.